The van der Waals surface area contributed by atoms with Gasteiger partial charge in [0.25, 0.3) is 0 Å². The second-order valence-electron chi connectivity index (χ2n) is 11.6. The highest BCUT2D eigenvalue weighted by atomic mass is 32.5. The molecule has 3 aromatic carbocycles. The molecule has 2 aromatic heterocycles. The second kappa shape index (κ2) is 11.1. The molecule has 1 fully saturated rings. The highest BCUT2D eigenvalue weighted by Gasteiger charge is 2.65. The molecule has 15 heteroatoms. The first-order valence-corrected chi connectivity index (χ1v) is 18.2. The van der Waals surface area contributed by atoms with Crippen LogP contribution in [0.3, 0.4) is 0 Å². The Bertz CT molecular complexity index is 2090. The van der Waals surface area contributed by atoms with E-state index in [9.17, 15) is 32.6 Å². The Kier molecular flexibility index (Phi) is 7.70. The average molecular weight is 695 g/mol. The number of benzene rings is 3. The maximum atomic E-state index is 13.4. The Balaban J connectivity index is 1.10. The zero-order chi connectivity index (χ0) is 33.7. The van der Waals surface area contributed by atoms with E-state index in [1.165, 1.54) is 21.2 Å². The summed E-state index contributed by atoms with van der Waals surface area (Å²) < 4.78 is 99.8. The molecule has 8 nitrogen and oxygen atoms in total. The van der Waals surface area contributed by atoms with E-state index >= 15 is 0 Å². The van der Waals surface area contributed by atoms with Crippen LogP contribution in [0.15, 0.2) is 106 Å². The monoisotopic (exact) mass is 694 g/mol. The highest BCUT2D eigenvalue weighted by molar-refractivity contribution is 8.45. The molecule has 0 amide bonds. The van der Waals surface area contributed by atoms with Crippen LogP contribution in [-0.4, -0.2) is 41.0 Å². The molecule has 2 heterocycles. The van der Waals surface area contributed by atoms with E-state index in [0.717, 1.165) is 17.7 Å². The highest BCUT2D eigenvalue weighted by Crippen LogP contribution is 3.02. The fourth-order valence-corrected chi connectivity index (χ4v) is 8.23. The lowest BCUT2D eigenvalue weighted by atomic mass is 9.95. The number of hydrogen-bond acceptors (Lipinski definition) is 6. The molecule has 0 saturated heterocycles. The van der Waals surface area contributed by atoms with Crippen molar-refractivity contribution in [3.63, 3.8) is 0 Å². The third-order valence-electron chi connectivity index (χ3n) is 8.37. The van der Waals surface area contributed by atoms with Crippen LogP contribution < -0.4 is 15.7 Å². The number of methoxy groups -OCH3 is 1. The van der Waals surface area contributed by atoms with Gasteiger partial charge in [0, 0.05) is 17.9 Å². The number of sulfone groups is 1. The lowest BCUT2D eigenvalue weighted by Gasteiger charge is -2.40. The van der Waals surface area contributed by atoms with E-state index in [4.69, 9.17) is 4.74 Å². The van der Waals surface area contributed by atoms with Crippen LogP contribution in [0.5, 0.6) is 5.75 Å². The van der Waals surface area contributed by atoms with E-state index in [1.54, 1.807) is 37.6 Å². The molecule has 47 heavy (non-hydrogen) atoms. The van der Waals surface area contributed by atoms with E-state index in [-0.39, 0.29) is 28.9 Å². The van der Waals surface area contributed by atoms with Gasteiger partial charge in [-0.05, 0) is 103 Å². The fraction of sp³-hybridized carbons (Fsp3) is 0.250. The lowest BCUT2D eigenvalue weighted by molar-refractivity contribution is 0.364. The van der Waals surface area contributed by atoms with Gasteiger partial charge in [-0.15, -0.1) is 5.10 Å². The molecule has 0 bridgehead atoms. The minimum absolute atomic E-state index is 0.162. The second-order valence-corrected chi connectivity index (χ2v) is 16.3. The molecule has 1 aliphatic rings. The van der Waals surface area contributed by atoms with Crippen LogP contribution in [0.25, 0.3) is 16.8 Å². The number of pyridine rings is 1. The molecular weight excluding hydrogens is 663 g/mol. The topological polar surface area (TPSA) is 94.7 Å². The van der Waals surface area contributed by atoms with Crippen molar-refractivity contribution < 1.29 is 32.6 Å². The summed E-state index contributed by atoms with van der Waals surface area (Å²) in [4.78, 5) is 11.3. The van der Waals surface area contributed by atoms with Crippen LogP contribution in [0.2, 0.25) is 0 Å². The Morgan fingerprint density at radius 1 is 0.830 bits per heavy atom. The zero-order valence-electron chi connectivity index (χ0n) is 25.0. The number of aromatic nitrogens is 3. The molecular formula is C32H31F5N4O4S2. The minimum Gasteiger partial charge on any atom is -0.497 e. The summed E-state index contributed by atoms with van der Waals surface area (Å²) in [5.41, 5.74) is 2.70. The van der Waals surface area contributed by atoms with Gasteiger partial charge >= 0.3 is 15.9 Å². The molecule has 1 aliphatic carbocycles. The van der Waals surface area contributed by atoms with Crippen molar-refractivity contribution in [2.24, 2.45) is 0 Å². The fourth-order valence-electron chi connectivity index (χ4n) is 5.79. The van der Waals surface area contributed by atoms with Gasteiger partial charge in [0.15, 0.2) is 15.5 Å². The molecule has 0 aliphatic heterocycles. The molecule has 0 spiro atoms. The molecule has 5 aromatic rings. The normalized spacial score (nSPS) is 18.8. The van der Waals surface area contributed by atoms with Crippen molar-refractivity contribution in [3.8, 4) is 16.9 Å². The largest absolute Gasteiger partial charge is 0.497 e. The maximum Gasteiger partial charge on any atom is 0.350 e. The van der Waals surface area contributed by atoms with E-state index in [0.29, 0.717) is 60.3 Å². The number of rotatable bonds is 9. The number of fused-ring (bicyclic) bond motifs is 1. The first-order valence-electron chi connectivity index (χ1n) is 14.7. The molecule has 1 N–H and O–H groups in total. The van der Waals surface area contributed by atoms with Crippen LogP contribution in [0.4, 0.5) is 25.1 Å². The molecule has 0 atom stereocenters. The lowest BCUT2D eigenvalue weighted by Crippen LogP contribution is -2.32. The minimum atomic E-state index is -9.75. The molecule has 0 radical (unpaired) electrons. The van der Waals surface area contributed by atoms with Gasteiger partial charge in [-0.3, -0.25) is 0 Å². The Morgan fingerprint density at radius 2 is 1.45 bits per heavy atom. The molecule has 1 saturated carbocycles. The summed E-state index contributed by atoms with van der Waals surface area (Å²) in [5.74, 6) is 0.708. The van der Waals surface area contributed by atoms with Crippen molar-refractivity contribution in [1.29, 1.82) is 0 Å². The van der Waals surface area contributed by atoms with Crippen LogP contribution in [-0.2, 0) is 16.4 Å². The summed E-state index contributed by atoms with van der Waals surface area (Å²) in [6.45, 7) is 0.280. The van der Waals surface area contributed by atoms with Crippen molar-refractivity contribution >= 4 is 31.4 Å². The van der Waals surface area contributed by atoms with Gasteiger partial charge < -0.3 is 10.1 Å². The average Bonchev–Trinajstić information content (AvgIpc) is 3.34. The van der Waals surface area contributed by atoms with E-state index in [2.05, 4.69) is 10.4 Å². The Labute approximate surface area is 267 Å². The van der Waals surface area contributed by atoms with Crippen molar-refractivity contribution in [2.75, 3.05) is 12.4 Å². The zero-order valence-corrected chi connectivity index (χ0v) is 26.7. The smallest absolute Gasteiger partial charge is 0.350 e. The summed E-state index contributed by atoms with van der Waals surface area (Å²) in [7, 11) is -11.8. The van der Waals surface area contributed by atoms with Crippen molar-refractivity contribution in [2.45, 2.75) is 53.3 Å². The SMILES string of the molecule is COc1ccc(Cn2nc3ccc(-c4ccc(S(=O)(=O)C5CCC(Nc6ccc(S(F)(F)(F)(F)F)cc6)CC5)cc4)cn3c2=O)cc1. The van der Waals surface area contributed by atoms with Crippen molar-refractivity contribution in [1.82, 2.24) is 14.2 Å². The van der Waals surface area contributed by atoms with E-state index in [1.807, 2.05) is 24.3 Å². The Morgan fingerprint density at radius 3 is 2.04 bits per heavy atom. The maximum absolute atomic E-state index is 13.4. The standard InChI is InChI=1S/C32H31F5N4O4S2/c1-45-27-11-2-22(3-12-27)20-41-32(42)40-21-24(6-19-31(40)39-41)23-4-13-28(14-5-23)46(43,44)29-15-7-25(8-16-29)38-26-9-17-30(18-10-26)47(33,34,35,36)37/h2-6,9-14,17-19,21,25,29,38H,7-8,15-16,20H2,1H3. The van der Waals surface area contributed by atoms with Gasteiger partial charge in [0.2, 0.25) is 0 Å². The summed E-state index contributed by atoms with van der Waals surface area (Å²) in [5, 5.41) is 6.80. The summed E-state index contributed by atoms with van der Waals surface area (Å²) in [6, 6.07) is 19.7. The number of halogens is 5. The van der Waals surface area contributed by atoms with Gasteiger partial charge in [0.05, 0.1) is 23.8 Å². The van der Waals surface area contributed by atoms with Gasteiger partial charge in [-0.25, -0.2) is 22.3 Å². The first kappa shape index (κ1) is 32.6. The number of anilines is 1. The van der Waals surface area contributed by atoms with Gasteiger partial charge in [0.1, 0.15) is 10.6 Å². The number of nitrogens with zero attached hydrogens (tertiary/aromatic N) is 3. The predicted octanol–water partition coefficient (Wildman–Crippen LogP) is 8.07. The number of nitrogens with one attached hydrogen (secondary N) is 1. The van der Waals surface area contributed by atoms with E-state index < -0.39 is 30.2 Å². The molecule has 250 valence electrons. The van der Waals surface area contributed by atoms with Gasteiger partial charge in [-0.2, -0.15) is 0 Å². The molecule has 0 unspecified atom stereocenters. The number of hydrogen-bond donors (Lipinski definition) is 1. The first-order chi connectivity index (χ1) is 22.0. The van der Waals surface area contributed by atoms with Crippen LogP contribution in [0, 0.1) is 0 Å². The quantitative estimate of drug-likeness (QED) is 0.157. The third kappa shape index (κ3) is 7.00. The molecule has 6 rings (SSSR count). The summed E-state index contributed by atoms with van der Waals surface area (Å²) >= 11 is 0. The number of ether oxygens (including phenoxy) is 1. The Hall–Kier alpha value is -4.37. The predicted molar refractivity (Wildman–Crippen MR) is 172 cm³/mol. The summed E-state index contributed by atoms with van der Waals surface area (Å²) in [6.07, 6.45) is 3.19. The van der Waals surface area contributed by atoms with Crippen molar-refractivity contribution in [3.05, 3.63) is 107 Å². The van der Waals surface area contributed by atoms with Gasteiger partial charge in [-0.1, -0.05) is 43.7 Å². The van der Waals surface area contributed by atoms with Crippen LogP contribution in [0.1, 0.15) is 31.2 Å². The third-order valence-corrected chi connectivity index (χ3v) is 11.8. The van der Waals surface area contributed by atoms with Crippen LogP contribution >= 0.6 is 10.2 Å².